The SMILES string of the molecule is CCOC(=O)c1nc2c3c(-c4ccccc4)nn(-c4ccccc4)c3ncn2n1. The highest BCUT2D eigenvalue weighted by Gasteiger charge is 2.22. The molecule has 8 heteroatoms. The molecule has 3 heterocycles. The molecule has 29 heavy (non-hydrogen) atoms. The number of hydrogen-bond acceptors (Lipinski definition) is 6. The van der Waals surface area contributed by atoms with Gasteiger partial charge in [0.25, 0.3) is 5.82 Å². The van der Waals surface area contributed by atoms with Gasteiger partial charge in [-0.25, -0.2) is 24.0 Å². The smallest absolute Gasteiger partial charge is 0.378 e. The van der Waals surface area contributed by atoms with Crippen molar-refractivity contribution in [1.29, 1.82) is 0 Å². The summed E-state index contributed by atoms with van der Waals surface area (Å²) in [7, 11) is 0. The van der Waals surface area contributed by atoms with Crippen LogP contribution < -0.4 is 0 Å². The number of hydrogen-bond donors (Lipinski definition) is 0. The molecule has 142 valence electrons. The van der Waals surface area contributed by atoms with Gasteiger partial charge in [-0.2, -0.15) is 5.10 Å². The van der Waals surface area contributed by atoms with Crippen molar-refractivity contribution in [3.05, 3.63) is 72.8 Å². The molecule has 8 nitrogen and oxygen atoms in total. The van der Waals surface area contributed by atoms with Crippen LogP contribution in [0.1, 0.15) is 17.5 Å². The molecule has 0 bridgehead atoms. The summed E-state index contributed by atoms with van der Waals surface area (Å²) in [6.45, 7) is 1.99. The number of aromatic nitrogens is 6. The zero-order chi connectivity index (χ0) is 19.8. The lowest BCUT2D eigenvalue weighted by Gasteiger charge is -2.01. The molecule has 0 aliphatic carbocycles. The minimum absolute atomic E-state index is 0.00683. The van der Waals surface area contributed by atoms with E-state index in [1.54, 1.807) is 11.6 Å². The van der Waals surface area contributed by atoms with Crippen LogP contribution in [0.5, 0.6) is 0 Å². The number of rotatable bonds is 4. The molecule has 0 atom stereocenters. The third-order valence-electron chi connectivity index (χ3n) is 4.51. The Hall–Kier alpha value is -4.07. The molecular weight excluding hydrogens is 368 g/mol. The van der Waals surface area contributed by atoms with Gasteiger partial charge in [0, 0.05) is 5.56 Å². The first kappa shape index (κ1) is 17.1. The second kappa shape index (κ2) is 6.83. The summed E-state index contributed by atoms with van der Waals surface area (Å²) < 4.78 is 8.30. The van der Waals surface area contributed by atoms with Gasteiger partial charge in [0.1, 0.15) is 12.0 Å². The second-order valence-corrected chi connectivity index (χ2v) is 6.33. The predicted molar refractivity (Wildman–Crippen MR) is 107 cm³/mol. The van der Waals surface area contributed by atoms with Crippen LogP contribution in [0.4, 0.5) is 0 Å². The Kier molecular flexibility index (Phi) is 4.02. The number of ether oxygens (including phenoxy) is 1. The van der Waals surface area contributed by atoms with E-state index in [9.17, 15) is 4.79 Å². The highest BCUT2D eigenvalue weighted by molar-refractivity contribution is 6.02. The summed E-state index contributed by atoms with van der Waals surface area (Å²) in [5.41, 5.74) is 3.64. The largest absolute Gasteiger partial charge is 0.460 e. The zero-order valence-corrected chi connectivity index (χ0v) is 15.6. The van der Waals surface area contributed by atoms with Gasteiger partial charge in [0.15, 0.2) is 11.3 Å². The van der Waals surface area contributed by atoms with Gasteiger partial charge >= 0.3 is 5.97 Å². The first-order valence-electron chi connectivity index (χ1n) is 9.18. The molecular formula is C21H16N6O2. The molecule has 0 saturated heterocycles. The average molecular weight is 384 g/mol. The average Bonchev–Trinajstić information content (AvgIpc) is 3.37. The molecule has 5 aromatic rings. The summed E-state index contributed by atoms with van der Waals surface area (Å²) in [4.78, 5) is 21.1. The monoisotopic (exact) mass is 384 g/mol. The van der Waals surface area contributed by atoms with Crippen LogP contribution in [-0.2, 0) is 4.74 Å². The third-order valence-corrected chi connectivity index (χ3v) is 4.51. The van der Waals surface area contributed by atoms with E-state index < -0.39 is 5.97 Å². The van der Waals surface area contributed by atoms with Crippen LogP contribution in [0.15, 0.2) is 67.0 Å². The molecule has 0 amide bonds. The van der Waals surface area contributed by atoms with Crippen molar-refractivity contribution in [3.63, 3.8) is 0 Å². The van der Waals surface area contributed by atoms with Gasteiger partial charge in [-0.05, 0) is 19.1 Å². The highest BCUT2D eigenvalue weighted by atomic mass is 16.5. The third kappa shape index (κ3) is 2.82. The van der Waals surface area contributed by atoms with E-state index in [4.69, 9.17) is 9.84 Å². The Bertz CT molecular complexity index is 1330. The zero-order valence-electron chi connectivity index (χ0n) is 15.6. The van der Waals surface area contributed by atoms with Crippen molar-refractivity contribution in [2.24, 2.45) is 0 Å². The van der Waals surface area contributed by atoms with Crippen LogP contribution in [0.25, 0.3) is 33.6 Å². The van der Waals surface area contributed by atoms with Crippen LogP contribution in [-0.4, -0.2) is 41.9 Å². The normalized spacial score (nSPS) is 11.2. The van der Waals surface area contributed by atoms with E-state index in [1.807, 2.05) is 60.7 Å². The second-order valence-electron chi connectivity index (χ2n) is 6.33. The number of benzene rings is 2. The van der Waals surface area contributed by atoms with Crippen molar-refractivity contribution in [1.82, 2.24) is 29.4 Å². The first-order valence-corrected chi connectivity index (χ1v) is 9.18. The molecule has 0 spiro atoms. The van der Waals surface area contributed by atoms with E-state index in [-0.39, 0.29) is 12.4 Å². The van der Waals surface area contributed by atoms with E-state index in [1.165, 1.54) is 10.8 Å². The van der Waals surface area contributed by atoms with Gasteiger partial charge < -0.3 is 4.74 Å². The van der Waals surface area contributed by atoms with Crippen molar-refractivity contribution in [3.8, 4) is 16.9 Å². The van der Waals surface area contributed by atoms with Crippen LogP contribution in [0.2, 0.25) is 0 Å². The molecule has 0 fully saturated rings. The lowest BCUT2D eigenvalue weighted by atomic mass is 10.1. The Labute approximate surface area is 165 Å². The molecule has 5 rings (SSSR count). The molecule has 0 saturated carbocycles. The Morgan fingerprint density at radius 2 is 1.69 bits per heavy atom. The molecule has 3 aromatic heterocycles. The van der Waals surface area contributed by atoms with E-state index >= 15 is 0 Å². The molecule has 0 radical (unpaired) electrons. The van der Waals surface area contributed by atoms with Gasteiger partial charge in [-0.1, -0.05) is 48.5 Å². The Morgan fingerprint density at radius 3 is 2.41 bits per heavy atom. The maximum Gasteiger partial charge on any atom is 0.378 e. The van der Waals surface area contributed by atoms with Crippen molar-refractivity contribution in [2.75, 3.05) is 6.61 Å². The fourth-order valence-corrected chi connectivity index (χ4v) is 3.25. The standard InChI is InChI=1S/C21H16N6O2/c1-2-29-21(28)18-23-20-16-17(14-9-5-3-6-10-14)24-27(15-11-7-4-8-12-15)19(16)22-13-26(20)25-18/h3-13H,2H2,1H3. The van der Waals surface area contributed by atoms with Crippen molar-refractivity contribution >= 4 is 22.6 Å². The quantitative estimate of drug-likeness (QED) is 0.442. The maximum absolute atomic E-state index is 12.1. The van der Waals surface area contributed by atoms with Gasteiger partial charge in [0.2, 0.25) is 0 Å². The van der Waals surface area contributed by atoms with E-state index in [0.717, 1.165) is 11.3 Å². The molecule has 0 unspecified atom stereocenters. The van der Waals surface area contributed by atoms with Crippen LogP contribution >= 0.6 is 0 Å². The summed E-state index contributed by atoms with van der Waals surface area (Å²) in [5.74, 6) is -0.575. The molecule has 2 aromatic carbocycles. The summed E-state index contributed by atoms with van der Waals surface area (Å²) in [5, 5.41) is 9.77. The van der Waals surface area contributed by atoms with E-state index in [0.29, 0.717) is 22.4 Å². The summed E-state index contributed by atoms with van der Waals surface area (Å²) in [6, 6.07) is 19.5. The topological polar surface area (TPSA) is 87.2 Å². The lowest BCUT2D eigenvalue weighted by Crippen LogP contribution is -2.06. The Morgan fingerprint density at radius 1 is 0.966 bits per heavy atom. The van der Waals surface area contributed by atoms with Crippen molar-refractivity contribution in [2.45, 2.75) is 6.92 Å². The van der Waals surface area contributed by atoms with Crippen LogP contribution in [0, 0.1) is 0 Å². The van der Waals surface area contributed by atoms with Gasteiger partial charge in [-0.3, -0.25) is 0 Å². The van der Waals surface area contributed by atoms with Crippen LogP contribution in [0.3, 0.4) is 0 Å². The number of nitrogens with zero attached hydrogens (tertiary/aromatic N) is 6. The Balaban J connectivity index is 1.83. The van der Waals surface area contributed by atoms with Crippen molar-refractivity contribution < 1.29 is 9.53 Å². The van der Waals surface area contributed by atoms with E-state index in [2.05, 4.69) is 15.1 Å². The number of carbonyl (C=O) groups excluding carboxylic acids is 1. The fourth-order valence-electron chi connectivity index (χ4n) is 3.25. The lowest BCUT2D eigenvalue weighted by molar-refractivity contribution is 0.0512. The number of para-hydroxylation sites is 1. The molecule has 0 aliphatic rings. The minimum atomic E-state index is -0.568. The molecule has 0 N–H and O–H groups in total. The maximum atomic E-state index is 12.1. The predicted octanol–water partition coefficient (Wildman–Crippen LogP) is 3.31. The number of esters is 1. The summed E-state index contributed by atoms with van der Waals surface area (Å²) >= 11 is 0. The molecule has 0 aliphatic heterocycles. The number of fused-ring (bicyclic) bond motifs is 3. The first-order chi connectivity index (χ1) is 14.3. The number of carbonyl (C=O) groups is 1. The highest BCUT2D eigenvalue weighted by Crippen LogP contribution is 2.31. The minimum Gasteiger partial charge on any atom is -0.460 e. The van der Waals surface area contributed by atoms with Gasteiger partial charge in [-0.15, -0.1) is 5.10 Å². The summed E-state index contributed by atoms with van der Waals surface area (Å²) in [6.07, 6.45) is 1.53. The van der Waals surface area contributed by atoms with Gasteiger partial charge in [0.05, 0.1) is 17.7 Å². The fraction of sp³-hybridized carbons (Fsp3) is 0.0952.